The lowest BCUT2D eigenvalue weighted by Gasteiger charge is -2.37. The van der Waals surface area contributed by atoms with Gasteiger partial charge in [-0.15, -0.1) is 0 Å². The average Bonchev–Trinajstić information content (AvgIpc) is 2.36. The molecule has 0 radical (unpaired) electrons. The van der Waals surface area contributed by atoms with Gasteiger partial charge in [-0.05, 0) is 63.6 Å². The molecule has 20 heavy (non-hydrogen) atoms. The SMILES string of the molecule is CC(C)OCCCCNC1CC(c2ccccc2Cl)C1. The van der Waals surface area contributed by atoms with E-state index in [2.05, 4.69) is 31.3 Å². The molecule has 1 fully saturated rings. The summed E-state index contributed by atoms with van der Waals surface area (Å²) in [5.74, 6) is 0.644. The first-order chi connectivity index (χ1) is 9.66. The highest BCUT2D eigenvalue weighted by atomic mass is 35.5. The van der Waals surface area contributed by atoms with Gasteiger partial charge in [-0.25, -0.2) is 0 Å². The molecular weight excluding hydrogens is 270 g/mol. The summed E-state index contributed by atoms with van der Waals surface area (Å²) in [6, 6.07) is 8.90. The molecule has 1 saturated carbocycles. The summed E-state index contributed by atoms with van der Waals surface area (Å²) in [7, 11) is 0. The summed E-state index contributed by atoms with van der Waals surface area (Å²) >= 11 is 6.23. The van der Waals surface area contributed by atoms with E-state index in [1.165, 1.54) is 24.8 Å². The Bertz CT molecular complexity index is 402. The molecule has 0 atom stereocenters. The Morgan fingerprint density at radius 3 is 2.70 bits per heavy atom. The van der Waals surface area contributed by atoms with E-state index in [1.807, 2.05) is 12.1 Å². The van der Waals surface area contributed by atoms with Crippen LogP contribution in [0.15, 0.2) is 24.3 Å². The van der Waals surface area contributed by atoms with Crippen LogP contribution in [0.3, 0.4) is 0 Å². The van der Waals surface area contributed by atoms with Gasteiger partial charge in [0.25, 0.3) is 0 Å². The molecule has 1 N–H and O–H groups in total. The van der Waals surface area contributed by atoms with Crippen molar-refractivity contribution in [2.45, 2.75) is 57.6 Å². The fraction of sp³-hybridized carbons (Fsp3) is 0.647. The third kappa shape index (κ3) is 4.76. The summed E-state index contributed by atoms with van der Waals surface area (Å²) in [5.41, 5.74) is 1.32. The molecule has 0 heterocycles. The first-order valence-electron chi connectivity index (χ1n) is 7.76. The molecule has 1 aromatic carbocycles. The van der Waals surface area contributed by atoms with Gasteiger partial charge in [0.05, 0.1) is 6.10 Å². The van der Waals surface area contributed by atoms with Crippen LogP contribution >= 0.6 is 11.6 Å². The predicted octanol–water partition coefficient (Wildman–Crippen LogP) is 4.38. The minimum Gasteiger partial charge on any atom is -0.379 e. The molecule has 0 saturated heterocycles. The molecule has 0 spiro atoms. The zero-order valence-corrected chi connectivity index (χ0v) is 13.3. The molecule has 0 aliphatic heterocycles. The zero-order valence-electron chi connectivity index (χ0n) is 12.6. The van der Waals surface area contributed by atoms with E-state index < -0.39 is 0 Å². The first-order valence-corrected chi connectivity index (χ1v) is 8.14. The zero-order chi connectivity index (χ0) is 14.4. The van der Waals surface area contributed by atoms with Crippen molar-refractivity contribution in [3.05, 3.63) is 34.9 Å². The summed E-state index contributed by atoms with van der Waals surface area (Å²) in [4.78, 5) is 0. The van der Waals surface area contributed by atoms with Crippen LogP contribution in [0.5, 0.6) is 0 Å². The number of rotatable bonds is 8. The third-order valence-electron chi connectivity index (χ3n) is 3.94. The number of hydrogen-bond acceptors (Lipinski definition) is 2. The Labute approximate surface area is 127 Å². The molecular formula is C17H26ClNO. The van der Waals surface area contributed by atoms with E-state index >= 15 is 0 Å². The van der Waals surface area contributed by atoms with E-state index in [1.54, 1.807) is 0 Å². The Balaban J connectivity index is 1.55. The van der Waals surface area contributed by atoms with Crippen LogP contribution in [0.25, 0.3) is 0 Å². The number of benzene rings is 1. The normalized spacial score (nSPS) is 22.0. The van der Waals surface area contributed by atoms with Gasteiger partial charge in [-0.3, -0.25) is 0 Å². The van der Waals surface area contributed by atoms with Gasteiger partial charge >= 0.3 is 0 Å². The second kappa shape index (κ2) is 8.02. The van der Waals surface area contributed by atoms with Gasteiger partial charge in [0.2, 0.25) is 0 Å². The van der Waals surface area contributed by atoms with Gasteiger partial charge in [0.1, 0.15) is 0 Å². The number of nitrogens with one attached hydrogen (secondary N) is 1. The summed E-state index contributed by atoms with van der Waals surface area (Å²) in [6.45, 7) is 6.15. The van der Waals surface area contributed by atoms with E-state index in [9.17, 15) is 0 Å². The van der Waals surface area contributed by atoms with Crippen molar-refractivity contribution < 1.29 is 4.74 Å². The molecule has 112 valence electrons. The minimum absolute atomic E-state index is 0.353. The quantitative estimate of drug-likeness (QED) is 0.719. The average molecular weight is 296 g/mol. The van der Waals surface area contributed by atoms with Crippen molar-refractivity contribution in [2.75, 3.05) is 13.2 Å². The lowest BCUT2D eigenvalue weighted by Crippen LogP contribution is -2.40. The molecule has 1 aliphatic carbocycles. The molecule has 2 rings (SSSR count). The highest BCUT2D eigenvalue weighted by molar-refractivity contribution is 6.31. The van der Waals surface area contributed by atoms with Crippen molar-refractivity contribution in [1.82, 2.24) is 5.32 Å². The van der Waals surface area contributed by atoms with Crippen LogP contribution in [0.1, 0.15) is 51.0 Å². The second-order valence-corrected chi connectivity index (χ2v) is 6.37. The smallest absolute Gasteiger partial charge is 0.0518 e. The van der Waals surface area contributed by atoms with Crippen LogP contribution < -0.4 is 5.32 Å². The number of ether oxygens (including phenoxy) is 1. The van der Waals surface area contributed by atoms with E-state index in [-0.39, 0.29) is 0 Å². The fourth-order valence-corrected chi connectivity index (χ4v) is 2.99. The lowest BCUT2D eigenvalue weighted by atomic mass is 9.76. The van der Waals surface area contributed by atoms with E-state index in [0.717, 1.165) is 24.6 Å². The molecule has 0 unspecified atom stereocenters. The maximum atomic E-state index is 6.23. The Morgan fingerprint density at radius 2 is 2.00 bits per heavy atom. The van der Waals surface area contributed by atoms with E-state index in [4.69, 9.17) is 16.3 Å². The molecule has 1 aliphatic rings. The molecule has 3 heteroatoms. The van der Waals surface area contributed by atoms with Gasteiger partial charge in [0, 0.05) is 17.7 Å². The van der Waals surface area contributed by atoms with Crippen molar-refractivity contribution >= 4 is 11.6 Å². The molecule has 2 nitrogen and oxygen atoms in total. The number of hydrogen-bond donors (Lipinski definition) is 1. The Hall–Kier alpha value is -0.570. The predicted molar refractivity (Wildman–Crippen MR) is 85.5 cm³/mol. The Morgan fingerprint density at radius 1 is 1.25 bits per heavy atom. The number of halogens is 1. The van der Waals surface area contributed by atoms with Gasteiger partial charge < -0.3 is 10.1 Å². The Kier molecular flexibility index (Phi) is 6.34. The van der Waals surface area contributed by atoms with Crippen LogP contribution in [0, 0.1) is 0 Å². The van der Waals surface area contributed by atoms with E-state index in [0.29, 0.717) is 18.1 Å². The van der Waals surface area contributed by atoms with Crippen molar-refractivity contribution in [2.24, 2.45) is 0 Å². The molecule has 0 bridgehead atoms. The topological polar surface area (TPSA) is 21.3 Å². The van der Waals surface area contributed by atoms with Crippen LogP contribution in [0.2, 0.25) is 5.02 Å². The van der Waals surface area contributed by atoms with Gasteiger partial charge in [0.15, 0.2) is 0 Å². The largest absolute Gasteiger partial charge is 0.379 e. The summed E-state index contributed by atoms with van der Waals surface area (Å²) < 4.78 is 5.53. The monoisotopic (exact) mass is 295 g/mol. The highest BCUT2D eigenvalue weighted by Crippen LogP contribution is 2.39. The van der Waals surface area contributed by atoms with Crippen molar-refractivity contribution in [3.8, 4) is 0 Å². The van der Waals surface area contributed by atoms with Crippen LogP contribution in [-0.2, 0) is 4.74 Å². The highest BCUT2D eigenvalue weighted by Gasteiger charge is 2.30. The maximum absolute atomic E-state index is 6.23. The fourth-order valence-electron chi connectivity index (χ4n) is 2.70. The minimum atomic E-state index is 0.353. The second-order valence-electron chi connectivity index (χ2n) is 5.97. The third-order valence-corrected chi connectivity index (χ3v) is 4.28. The molecule has 1 aromatic rings. The summed E-state index contributed by atoms with van der Waals surface area (Å²) in [6.07, 6.45) is 5.12. The van der Waals surface area contributed by atoms with Gasteiger partial charge in [-0.2, -0.15) is 0 Å². The first kappa shape index (κ1) is 15.8. The summed E-state index contributed by atoms with van der Waals surface area (Å²) in [5, 5.41) is 4.55. The lowest BCUT2D eigenvalue weighted by molar-refractivity contribution is 0.0757. The standard InChI is InChI=1S/C17H26ClNO/c1-13(2)20-10-6-5-9-19-15-11-14(12-15)16-7-3-4-8-17(16)18/h3-4,7-8,13-15,19H,5-6,9-12H2,1-2H3. The van der Waals surface area contributed by atoms with Crippen LogP contribution in [-0.4, -0.2) is 25.3 Å². The van der Waals surface area contributed by atoms with Gasteiger partial charge in [-0.1, -0.05) is 29.8 Å². The van der Waals surface area contributed by atoms with Crippen molar-refractivity contribution in [3.63, 3.8) is 0 Å². The van der Waals surface area contributed by atoms with Crippen LogP contribution in [0.4, 0.5) is 0 Å². The molecule has 0 amide bonds. The number of unbranched alkanes of at least 4 members (excludes halogenated alkanes) is 1. The van der Waals surface area contributed by atoms with Crippen molar-refractivity contribution in [1.29, 1.82) is 0 Å². The maximum Gasteiger partial charge on any atom is 0.0518 e. The molecule has 0 aromatic heterocycles.